The lowest BCUT2D eigenvalue weighted by Crippen LogP contribution is -2.44. The highest BCUT2D eigenvalue weighted by molar-refractivity contribution is 6.32. The fourth-order valence-corrected chi connectivity index (χ4v) is 1.45. The number of halogens is 2. The summed E-state index contributed by atoms with van der Waals surface area (Å²) in [6.07, 6.45) is 1.78. The van der Waals surface area contributed by atoms with Crippen molar-refractivity contribution in [2.45, 2.75) is 32.7 Å². The van der Waals surface area contributed by atoms with E-state index in [2.05, 4.69) is 4.98 Å². The molecule has 0 spiro atoms. The predicted octanol–water partition coefficient (Wildman–Crippen LogP) is 3.13. The Kier molecular flexibility index (Phi) is 4.09. The van der Waals surface area contributed by atoms with Crippen molar-refractivity contribution in [3.05, 3.63) is 28.8 Å². The van der Waals surface area contributed by atoms with Crippen molar-refractivity contribution in [1.82, 2.24) is 9.88 Å². The summed E-state index contributed by atoms with van der Waals surface area (Å²) in [7, 11) is 1.67. The Morgan fingerprint density at radius 3 is 2.71 bits per heavy atom. The van der Waals surface area contributed by atoms with E-state index in [9.17, 15) is 9.18 Å². The van der Waals surface area contributed by atoms with Crippen molar-refractivity contribution >= 4 is 17.5 Å². The number of hydrogen-bond acceptors (Lipinski definition) is 2. The van der Waals surface area contributed by atoms with Gasteiger partial charge in [0.2, 0.25) is 0 Å². The second kappa shape index (κ2) is 5.00. The molecule has 0 saturated carbocycles. The molecular weight excluding hydrogens is 243 g/mol. The standard InChI is InChI=1S/C12H16ClFN2O/c1-5-12(2,3)16(4)11(17)9-6-8(14)7-15-10(9)13/h6-7H,5H2,1-4H3. The Bertz CT molecular complexity index is 435. The Labute approximate surface area is 106 Å². The zero-order chi connectivity index (χ0) is 13.2. The van der Waals surface area contributed by atoms with Crippen LogP contribution in [0.5, 0.6) is 0 Å². The van der Waals surface area contributed by atoms with Gasteiger partial charge in [0, 0.05) is 12.6 Å². The van der Waals surface area contributed by atoms with Gasteiger partial charge < -0.3 is 4.90 Å². The van der Waals surface area contributed by atoms with E-state index in [0.29, 0.717) is 0 Å². The van der Waals surface area contributed by atoms with E-state index < -0.39 is 5.82 Å². The first kappa shape index (κ1) is 13.9. The Balaban J connectivity index is 3.08. The van der Waals surface area contributed by atoms with Gasteiger partial charge in [-0.3, -0.25) is 4.79 Å². The molecule has 17 heavy (non-hydrogen) atoms. The fourth-order valence-electron chi connectivity index (χ4n) is 1.27. The van der Waals surface area contributed by atoms with Crippen LogP contribution in [0.1, 0.15) is 37.6 Å². The second-order valence-corrected chi connectivity index (χ2v) is 4.88. The number of carbonyl (C=O) groups is 1. The fraction of sp³-hybridized carbons (Fsp3) is 0.500. The normalized spacial score (nSPS) is 11.4. The summed E-state index contributed by atoms with van der Waals surface area (Å²) < 4.78 is 13.1. The SMILES string of the molecule is CCC(C)(C)N(C)C(=O)c1cc(F)cnc1Cl. The molecule has 0 unspecified atom stereocenters. The van der Waals surface area contributed by atoms with Crippen LogP contribution in [-0.2, 0) is 0 Å². The van der Waals surface area contributed by atoms with Crippen LogP contribution in [0.3, 0.4) is 0 Å². The Hall–Kier alpha value is -1.16. The first-order valence-electron chi connectivity index (χ1n) is 5.39. The summed E-state index contributed by atoms with van der Waals surface area (Å²) in [5.74, 6) is -0.894. The summed E-state index contributed by atoms with van der Waals surface area (Å²) >= 11 is 5.80. The van der Waals surface area contributed by atoms with Crippen LogP contribution in [0.4, 0.5) is 4.39 Å². The zero-order valence-corrected chi connectivity index (χ0v) is 11.2. The van der Waals surface area contributed by atoms with Crippen molar-refractivity contribution < 1.29 is 9.18 Å². The average Bonchev–Trinajstić information content (AvgIpc) is 2.30. The van der Waals surface area contributed by atoms with Crippen molar-refractivity contribution in [3.8, 4) is 0 Å². The van der Waals surface area contributed by atoms with Gasteiger partial charge in [0.1, 0.15) is 11.0 Å². The van der Waals surface area contributed by atoms with Crippen molar-refractivity contribution in [2.75, 3.05) is 7.05 Å². The Morgan fingerprint density at radius 2 is 2.18 bits per heavy atom. The lowest BCUT2D eigenvalue weighted by molar-refractivity contribution is 0.0619. The van der Waals surface area contributed by atoms with Gasteiger partial charge in [-0.25, -0.2) is 9.37 Å². The molecular formula is C12H16ClFN2O. The molecule has 3 nitrogen and oxygen atoms in total. The number of rotatable bonds is 3. The number of aromatic nitrogens is 1. The lowest BCUT2D eigenvalue weighted by Gasteiger charge is -2.35. The summed E-state index contributed by atoms with van der Waals surface area (Å²) in [6.45, 7) is 5.85. The van der Waals surface area contributed by atoms with Crippen LogP contribution in [0.25, 0.3) is 0 Å². The summed E-state index contributed by atoms with van der Waals surface area (Å²) in [4.78, 5) is 17.3. The largest absolute Gasteiger partial charge is 0.337 e. The molecule has 0 aromatic carbocycles. The molecule has 1 heterocycles. The molecule has 0 atom stereocenters. The van der Waals surface area contributed by atoms with E-state index in [4.69, 9.17) is 11.6 Å². The molecule has 1 rings (SSSR count). The number of carbonyl (C=O) groups excluding carboxylic acids is 1. The van der Waals surface area contributed by atoms with Crippen LogP contribution in [0.15, 0.2) is 12.3 Å². The van der Waals surface area contributed by atoms with E-state index in [-0.39, 0.29) is 22.2 Å². The van der Waals surface area contributed by atoms with Gasteiger partial charge in [0.05, 0.1) is 11.8 Å². The molecule has 0 bridgehead atoms. The minimum absolute atomic E-state index is 0.0233. The van der Waals surface area contributed by atoms with Crippen molar-refractivity contribution in [2.24, 2.45) is 0 Å². The molecule has 0 radical (unpaired) electrons. The number of pyridine rings is 1. The average molecular weight is 259 g/mol. The smallest absolute Gasteiger partial charge is 0.257 e. The number of hydrogen-bond donors (Lipinski definition) is 0. The second-order valence-electron chi connectivity index (χ2n) is 4.52. The minimum Gasteiger partial charge on any atom is -0.337 e. The summed E-state index contributed by atoms with van der Waals surface area (Å²) in [6, 6.07) is 1.11. The van der Waals surface area contributed by atoms with Crippen LogP contribution in [-0.4, -0.2) is 28.4 Å². The Morgan fingerprint density at radius 1 is 1.59 bits per heavy atom. The zero-order valence-electron chi connectivity index (χ0n) is 10.4. The quantitative estimate of drug-likeness (QED) is 0.781. The van der Waals surface area contributed by atoms with E-state index in [0.717, 1.165) is 18.7 Å². The molecule has 1 aromatic rings. The lowest BCUT2D eigenvalue weighted by atomic mass is 9.99. The van der Waals surface area contributed by atoms with Crippen LogP contribution in [0.2, 0.25) is 5.15 Å². The molecule has 1 aromatic heterocycles. The van der Waals surface area contributed by atoms with Gasteiger partial charge in [-0.1, -0.05) is 18.5 Å². The molecule has 0 fully saturated rings. The van der Waals surface area contributed by atoms with Gasteiger partial charge in [0.15, 0.2) is 0 Å². The molecule has 1 amide bonds. The predicted molar refractivity (Wildman–Crippen MR) is 65.7 cm³/mol. The van der Waals surface area contributed by atoms with E-state index >= 15 is 0 Å². The van der Waals surface area contributed by atoms with Gasteiger partial charge in [-0.15, -0.1) is 0 Å². The molecule has 0 aliphatic carbocycles. The maximum atomic E-state index is 13.1. The highest BCUT2D eigenvalue weighted by atomic mass is 35.5. The highest BCUT2D eigenvalue weighted by Gasteiger charge is 2.28. The maximum absolute atomic E-state index is 13.1. The monoisotopic (exact) mass is 258 g/mol. The highest BCUT2D eigenvalue weighted by Crippen LogP contribution is 2.22. The topological polar surface area (TPSA) is 33.2 Å². The van der Waals surface area contributed by atoms with Gasteiger partial charge >= 0.3 is 0 Å². The summed E-state index contributed by atoms with van der Waals surface area (Å²) in [5.41, 5.74) is -0.220. The first-order chi connectivity index (χ1) is 7.79. The van der Waals surface area contributed by atoms with Crippen LogP contribution in [0, 0.1) is 5.82 Å². The van der Waals surface area contributed by atoms with E-state index in [1.807, 2.05) is 20.8 Å². The third-order valence-electron chi connectivity index (χ3n) is 3.11. The van der Waals surface area contributed by atoms with Gasteiger partial charge in [-0.05, 0) is 26.3 Å². The van der Waals surface area contributed by atoms with Crippen molar-refractivity contribution in [3.63, 3.8) is 0 Å². The molecule has 0 aliphatic rings. The summed E-state index contributed by atoms with van der Waals surface area (Å²) in [5, 5.41) is 0.0233. The van der Waals surface area contributed by atoms with E-state index in [1.54, 1.807) is 11.9 Å². The van der Waals surface area contributed by atoms with Gasteiger partial charge in [0.25, 0.3) is 5.91 Å². The van der Waals surface area contributed by atoms with Gasteiger partial charge in [-0.2, -0.15) is 0 Å². The molecule has 0 N–H and O–H groups in total. The minimum atomic E-state index is -0.569. The van der Waals surface area contributed by atoms with Crippen molar-refractivity contribution in [1.29, 1.82) is 0 Å². The molecule has 94 valence electrons. The molecule has 0 aliphatic heterocycles. The third kappa shape index (κ3) is 2.94. The number of nitrogens with zero attached hydrogens (tertiary/aromatic N) is 2. The van der Waals surface area contributed by atoms with E-state index in [1.165, 1.54) is 0 Å². The first-order valence-corrected chi connectivity index (χ1v) is 5.76. The van der Waals surface area contributed by atoms with Crippen LogP contribution >= 0.6 is 11.6 Å². The molecule has 0 saturated heterocycles. The molecule has 5 heteroatoms. The number of amides is 1. The maximum Gasteiger partial charge on any atom is 0.257 e. The van der Waals surface area contributed by atoms with Crippen LogP contribution < -0.4 is 0 Å². The third-order valence-corrected chi connectivity index (χ3v) is 3.42.